The minimum Gasteiger partial charge on any atom is -0.380 e. The van der Waals surface area contributed by atoms with Crippen molar-refractivity contribution in [3.05, 3.63) is 47.7 Å². The van der Waals surface area contributed by atoms with Crippen molar-refractivity contribution >= 4 is 17.6 Å². The average molecular weight is 425 g/mol. The first-order chi connectivity index (χ1) is 15.0. The minimum atomic E-state index is -0.575. The summed E-state index contributed by atoms with van der Waals surface area (Å²) in [5.74, 6) is 0.221. The molecule has 0 radical (unpaired) electrons. The number of aryl methyl sites for hydroxylation is 1. The molecule has 0 aromatic carbocycles. The van der Waals surface area contributed by atoms with Crippen molar-refractivity contribution in [2.45, 2.75) is 32.2 Å². The van der Waals surface area contributed by atoms with Gasteiger partial charge in [0, 0.05) is 50.1 Å². The number of nitrogens with two attached hydrogens (primary N) is 1. The molecule has 4 rings (SSSR count). The molecule has 0 unspecified atom stereocenters. The number of ether oxygens (including phenoxy) is 1. The molecule has 0 spiro atoms. The summed E-state index contributed by atoms with van der Waals surface area (Å²) >= 11 is 0. The number of carbonyl (C=O) groups excluding carboxylic acids is 2. The highest BCUT2D eigenvalue weighted by Gasteiger charge is 2.34. The molecule has 2 aromatic heterocycles. The Bertz CT molecular complexity index is 927. The lowest BCUT2D eigenvalue weighted by atomic mass is 9.93. The zero-order chi connectivity index (χ0) is 21.8. The first kappa shape index (κ1) is 21.2. The average Bonchev–Trinajstić information content (AvgIpc) is 3.05. The predicted molar refractivity (Wildman–Crippen MR) is 114 cm³/mol. The molecule has 2 saturated heterocycles. The predicted octanol–water partition coefficient (Wildman–Crippen LogP) is 1.49. The zero-order valence-corrected chi connectivity index (χ0v) is 17.7. The van der Waals surface area contributed by atoms with Gasteiger partial charge in [-0.05, 0) is 37.8 Å². The SMILES string of the molecule is Cc1ccc([C@@H]2CCOCCN2C(=O)C2CCN(c3cc(C(N)=O)ncn3)CC2)cn1. The number of rotatable bonds is 4. The smallest absolute Gasteiger partial charge is 0.267 e. The van der Waals surface area contributed by atoms with Crippen LogP contribution in [0.15, 0.2) is 30.7 Å². The van der Waals surface area contributed by atoms with Gasteiger partial charge in [-0.15, -0.1) is 0 Å². The highest BCUT2D eigenvalue weighted by atomic mass is 16.5. The molecule has 31 heavy (non-hydrogen) atoms. The van der Waals surface area contributed by atoms with Crippen LogP contribution in [0, 0.1) is 12.8 Å². The van der Waals surface area contributed by atoms with Crippen LogP contribution in [0.25, 0.3) is 0 Å². The fourth-order valence-corrected chi connectivity index (χ4v) is 4.30. The molecule has 2 fully saturated rings. The van der Waals surface area contributed by atoms with E-state index in [1.165, 1.54) is 6.33 Å². The van der Waals surface area contributed by atoms with Crippen LogP contribution < -0.4 is 10.6 Å². The topological polar surface area (TPSA) is 115 Å². The zero-order valence-electron chi connectivity index (χ0n) is 17.7. The van der Waals surface area contributed by atoms with Gasteiger partial charge in [0.1, 0.15) is 17.8 Å². The van der Waals surface area contributed by atoms with Crippen LogP contribution in [-0.2, 0) is 9.53 Å². The molecule has 1 atom stereocenters. The number of aromatic nitrogens is 3. The van der Waals surface area contributed by atoms with Crippen LogP contribution in [-0.4, -0.2) is 64.5 Å². The van der Waals surface area contributed by atoms with E-state index in [0.717, 1.165) is 30.5 Å². The van der Waals surface area contributed by atoms with Crippen molar-refractivity contribution in [3.8, 4) is 0 Å². The van der Waals surface area contributed by atoms with Crippen molar-refractivity contribution in [1.29, 1.82) is 0 Å². The van der Waals surface area contributed by atoms with Gasteiger partial charge in [-0.3, -0.25) is 14.6 Å². The van der Waals surface area contributed by atoms with Gasteiger partial charge in [0.25, 0.3) is 5.91 Å². The summed E-state index contributed by atoms with van der Waals surface area (Å²) in [6, 6.07) is 5.65. The molecule has 2 aliphatic heterocycles. The van der Waals surface area contributed by atoms with E-state index in [2.05, 4.69) is 25.9 Å². The number of primary amides is 1. The summed E-state index contributed by atoms with van der Waals surface area (Å²) in [7, 11) is 0. The van der Waals surface area contributed by atoms with Gasteiger partial charge in [-0.2, -0.15) is 0 Å². The highest BCUT2D eigenvalue weighted by molar-refractivity contribution is 5.91. The van der Waals surface area contributed by atoms with Gasteiger partial charge in [-0.25, -0.2) is 9.97 Å². The van der Waals surface area contributed by atoms with Gasteiger partial charge < -0.3 is 20.3 Å². The van der Waals surface area contributed by atoms with E-state index < -0.39 is 5.91 Å². The summed E-state index contributed by atoms with van der Waals surface area (Å²) in [6.07, 6.45) is 5.45. The third kappa shape index (κ3) is 4.82. The Morgan fingerprint density at radius 2 is 1.87 bits per heavy atom. The van der Waals surface area contributed by atoms with Crippen LogP contribution in [0.1, 0.15) is 47.1 Å². The number of carbonyl (C=O) groups is 2. The van der Waals surface area contributed by atoms with E-state index in [4.69, 9.17) is 10.5 Å². The Morgan fingerprint density at radius 3 is 2.58 bits per heavy atom. The number of hydrogen-bond donors (Lipinski definition) is 1. The fraction of sp³-hybridized carbons (Fsp3) is 0.500. The first-order valence-corrected chi connectivity index (χ1v) is 10.7. The largest absolute Gasteiger partial charge is 0.380 e. The Balaban J connectivity index is 1.44. The molecular weight excluding hydrogens is 396 g/mol. The standard InChI is InChI=1S/C22H28N6O3/c1-15-2-3-17(13-24-15)19-6-10-31-11-9-28(19)22(30)16-4-7-27(8-5-16)20-12-18(21(23)29)25-14-26-20/h2-3,12-14,16,19H,4-11H2,1H3,(H2,23,29)/t19-/m0/s1. The summed E-state index contributed by atoms with van der Waals surface area (Å²) in [5, 5.41) is 0. The van der Waals surface area contributed by atoms with Crippen molar-refractivity contribution in [2.24, 2.45) is 11.7 Å². The van der Waals surface area contributed by atoms with E-state index in [1.807, 2.05) is 24.1 Å². The van der Waals surface area contributed by atoms with Gasteiger partial charge in [0.05, 0.1) is 12.6 Å². The molecule has 2 amide bonds. The lowest BCUT2D eigenvalue weighted by molar-refractivity contribution is -0.138. The number of pyridine rings is 1. The Hall–Kier alpha value is -3.07. The quantitative estimate of drug-likeness (QED) is 0.791. The van der Waals surface area contributed by atoms with Crippen molar-refractivity contribution in [2.75, 3.05) is 37.7 Å². The van der Waals surface area contributed by atoms with Crippen LogP contribution in [0.3, 0.4) is 0 Å². The summed E-state index contributed by atoms with van der Waals surface area (Å²) in [4.78, 5) is 41.5. The molecule has 0 bridgehead atoms. The lowest BCUT2D eigenvalue weighted by Crippen LogP contribution is -2.44. The maximum Gasteiger partial charge on any atom is 0.267 e. The van der Waals surface area contributed by atoms with E-state index in [1.54, 1.807) is 6.07 Å². The fourth-order valence-electron chi connectivity index (χ4n) is 4.30. The summed E-state index contributed by atoms with van der Waals surface area (Å²) in [6.45, 7) is 5.11. The molecule has 164 valence electrons. The normalized spacial score (nSPS) is 20.4. The molecule has 9 heteroatoms. The van der Waals surface area contributed by atoms with Gasteiger partial charge in [0.2, 0.25) is 5.91 Å². The van der Waals surface area contributed by atoms with Gasteiger partial charge in [-0.1, -0.05) is 6.07 Å². The number of anilines is 1. The van der Waals surface area contributed by atoms with E-state index in [0.29, 0.717) is 38.7 Å². The Labute approximate surface area is 181 Å². The van der Waals surface area contributed by atoms with Crippen LogP contribution in [0.4, 0.5) is 5.82 Å². The molecular formula is C22H28N6O3. The van der Waals surface area contributed by atoms with E-state index >= 15 is 0 Å². The first-order valence-electron chi connectivity index (χ1n) is 10.7. The Morgan fingerprint density at radius 1 is 1.06 bits per heavy atom. The van der Waals surface area contributed by atoms with Crippen molar-refractivity contribution in [3.63, 3.8) is 0 Å². The number of hydrogen-bond acceptors (Lipinski definition) is 7. The van der Waals surface area contributed by atoms with Crippen LogP contribution in [0.2, 0.25) is 0 Å². The second-order valence-electron chi connectivity index (χ2n) is 8.07. The second-order valence-corrected chi connectivity index (χ2v) is 8.07. The third-order valence-corrected chi connectivity index (χ3v) is 6.06. The van der Waals surface area contributed by atoms with Crippen LogP contribution >= 0.6 is 0 Å². The Kier molecular flexibility index (Phi) is 6.41. The second kappa shape index (κ2) is 9.38. The highest BCUT2D eigenvalue weighted by Crippen LogP contribution is 2.31. The van der Waals surface area contributed by atoms with Gasteiger partial charge >= 0.3 is 0 Å². The van der Waals surface area contributed by atoms with Crippen LogP contribution in [0.5, 0.6) is 0 Å². The molecule has 2 aliphatic rings. The maximum absolute atomic E-state index is 13.5. The van der Waals surface area contributed by atoms with Crippen molar-refractivity contribution in [1.82, 2.24) is 19.9 Å². The summed E-state index contributed by atoms with van der Waals surface area (Å²) < 4.78 is 5.67. The lowest BCUT2D eigenvalue weighted by Gasteiger charge is -2.37. The maximum atomic E-state index is 13.5. The molecule has 9 nitrogen and oxygen atoms in total. The third-order valence-electron chi connectivity index (χ3n) is 6.06. The van der Waals surface area contributed by atoms with E-state index in [-0.39, 0.29) is 23.6 Å². The molecule has 0 aliphatic carbocycles. The van der Waals surface area contributed by atoms with Gasteiger partial charge in [0.15, 0.2) is 0 Å². The molecule has 0 saturated carbocycles. The number of nitrogens with zero attached hydrogens (tertiary/aromatic N) is 5. The van der Waals surface area contributed by atoms with Crippen molar-refractivity contribution < 1.29 is 14.3 Å². The van der Waals surface area contributed by atoms with E-state index in [9.17, 15) is 9.59 Å². The monoisotopic (exact) mass is 424 g/mol. The molecule has 2 N–H and O–H groups in total. The number of piperidine rings is 1. The molecule has 4 heterocycles. The number of amides is 2. The minimum absolute atomic E-state index is 0.0129. The summed E-state index contributed by atoms with van der Waals surface area (Å²) in [5.41, 5.74) is 7.54. The molecule has 2 aromatic rings.